The first-order valence-corrected chi connectivity index (χ1v) is 15.8. The predicted octanol–water partition coefficient (Wildman–Crippen LogP) is 3.02. The molecule has 11 nitrogen and oxygen atoms in total. The molecule has 0 unspecified atom stereocenters. The van der Waals surface area contributed by atoms with Crippen LogP contribution in [0.5, 0.6) is 0 Å². The molecule has 1 aromatic carbocycles. The van der Waals surface area contributed by atoms with Crippen LogP contribution in [0.1, 0.15) is 71.8 Å². The van der Waals surface area contributed by atoms with Crippen LogP contribution in [0, 0.1) is 11.8 Å². The molecule has 0 aliphatic heterocycles. The average molecular weight is 594 g/mol. The highest BCUT2D eigenvalue weighted by Crippen LogP contribution is 2.14. The predicted molar refractivity (Wildman–Crippen MR) is 162 cm³/mol. The third-order valence-corrected chi connectivity index (χ3v) is 7.69. The molecule has 1 aromatic rings. The molecule has 0 fully saturated rings. The number of carbonyl (C=O) groups is 4. The Hall–Kier alpha value is -3.41. The van der Waals surface area contributed by atoms with Crippen LogP contribution < -0.4 is 27.0 Å². The van der Waals surface area contributed by atoms with Crippen LogP contribution >= 0.6 is 0 Å². The standard InChI is InChI=1S/C29H47N5O6S/c1-6-41(39,40)18-9-7-8-12-25(35)34-26(21(4)5)28(37)33-24(11-10-17-31-29(30)38)27(36)32-23-15-13-22(14-16-23)19-20(2)3/h6,13-16,20-21,24,26H,1,7-12,17-19H2,2-5H3,(H,32,36)(H,33,37)(H,34,35)(H3,30,31,38)/t24-,26-/m0/s1. The van der Waals surface area contributed by atoms with Gasteiger partial charge in [-0.3, -0.25) is 14.4 Å². The third kappa shape index (κ3) is 15.2. The van der Waals surface area contributed by atoms with Crippen molar-refractivity contribution in [2.75, 3.05) is 17.6 Å². The van der Waals surface area contributed by atoms with Gasteiger partial charge in [0.2, 0.25) is 17.7 Å². The lowest BCUT2D eigenvalue weighted by Gasteiger charge is -2.25. The molecule has 5 amide bonds. The second-order valence-electron chi connectivity index (χ2n) is 10.9. The zero-order valence-corrected chi connectivity index (χ0v) is 25.5. The topological polar surface area (TPSA) is 177 Å². The summed E-state index contributed by atoms with van der Waals surface area (Å²) in [5.74, 6) is -1.03. The molecule has 0 saturated heterocycles. The number of rotatable bonds is 19. The van der Waals surface area contributed by atoms with Crippen molar-refractivity contribution in [3.8, 4) is 0 Å². The Labute approximate surface area is 244 Å². The monoisotopic (exact) mass is 593 g/mol. The first kappa shape index (κ1) is 35.6. The Kier molecular flexibility index (Phi) is 15.7. The number of nitrogens with one attached hydrogen (secondary N) is 4. The lowest BCUT2D eigenvalue weighted by atomic mass is 10.0. The highest BCUT2D eigenvalue weighted by atomic mass is 32.2. The third-order valence-electron chi connectivity index (χ3n) is 6.32. The van der Waals surface area contributed by atoms with Gasteiger partial charge < -0.3 is 27.0 Å². The van der Waals surface area contributed by atoms with Gasteiger partial charge in [-0.1, -0.05) is 52.8 Å². The maximum Gasteiger partial charge on any atom is 0.312 e. The van der Waals surface area contributed by atoms with Gasteiger partial charge in [0, 0.05) is 24.1 Å². The van der Waals surface area contributed by atoms with E-state index in [9.17, 15) is 27.6 Å². The maximum atomic E-state index is 13.2. The van der Waals surface area contributed by atoms with Crippen LogP contribution in [0.25, 0.3) is 0 Å². The van der Waals surface area contributed by atoms with E-state index in [0.29, 0.717) is 37.3 Å². The smallest absolute Gasteiger partial charge is 0.312 e. The molecule has 1 rings (SSSR count). The second kappa shape index (κ2) is 18.1. The summed E-state index contributed by atoms with van der Waals surface area (Å²) in [6.07, 6.45) is 3.10. The summed E-state index contributed by atoms with van der Waals surface area (Å²) in [5.41, 5.74) is 6.86. The fourth-order valence-corrected chi connectivity index (χ4v) is 4.88. The quantitative estimate of drug-likeness (QED) is 0.154. The minimum atomic E-state index is -3.27. The van der Waals surface area contributed by atoms with Gasteiger partial charge >= 0.3 is 6.03 Å². The summed E-state index contributed by atoms with van der Waals surface area (Å²) in [7, 11) is -3.27. The molecule has 230 valence electrons. The van der Waals surface area contributed by atoms with E-state index < -0.39 is 39.8 Å². The van der Waals surface area contributed by atoms with E-state index in [1.807, 2.05) is 24.3 Å². The van der Waals surface area contributed by atoms with Gasteiger partial charge in [0.05, 0.1) is 5.75 Å². The van der Waals surface area contributed by atoms with Gasteiger partial charge in [-0.15, -0.1) is 0 Å². The largest absolute Gasteiger partial charge is 0.352 e. The molecule has 0 saturated carbocycles. The zero-order valence-electron chi connectivity index (χ0n) is 24.7. The Balaban J connectivity index is 2.82. The molecule has 2 atom stereocenters. The van der Waals surface area contributed by atoms with Crippen LogP contribution in [0.4, 0.5) is 10.5 Å². The molecule has 0 aliphatic rings. The SMILES string of the molecule is C=CS(=O)(=O)CCCCCC(=O)N[C@H](C(=O)N[C@@H](CCCNC(N)=O)C(=O)Nc1ccc(CC(C)C)cc1)C(C)C. The summed E-state index contributed by atoms with van der Waals surface area (Å²) < 4.78 is 23.0. The first-order valence-electron chi connectivity index (χ1n) is 14.1. The molecule has 0 aliphatic carbocycles. The minimum absolute atomic E-state index is 0.0182. The van der Waals surface area contributed by atoms with Gasteiger partial charge in [0.15, 0.2) is 9.84 Å². The normalized spacial score (nSPS) is 12.8. The number of benzene rings is 1. The summed E-state index contributed by atoms with van der Waals surface area (Å²) in [4.78, 5) is 50.0. The van der Waals surface area contributed by atoms with E-state index in [4.69, 9.17) is 5.73 Å². The van der Waals surface area contributed by atoms with Crippen molar-refractivity contribution < 1.29 is 27.6 Å². The zero-order chi connectivity index (χ0) is 31.0. The van der Waals surface area contributed by atoms with Crippen molar-refractivity contribution in [1.82, 2.24) is 16.0 Å². The molecule has 0 radical (unpaired) electrons. The summed E-state index contributed by atoms with van der Waals surface area (Å²) >= 11 is 0. The van der Waals surface area contributed by atoms with Gasteiger partial charge in [0.1, 0.15) is 12.1 Å². The van der Waals surface area contributed by atoms with Crippen LogP contribution in [0.3, 0.4) is 0 Å². The molecule has 41 heavy (non-hydrogen) atoms. The van der Waals surface area contributed by atoms with E-state index >= 15 is 0 Å². The number of sulfone groups is 1. The van der Waals surface area contributed by atoms with Crippen molar-refractivity contribution in [3.05, 3.63) is 41.8 Å². The van der Waals surface area contributed by atoms with Gasteiger partial charge in [-0.05, 0) is 61.6 Å². The summed E-state index contributed by atoms with van der Waals surface area (Å²) in [5, 5.41) is 11.7. The molecule has 0 heterocycles. The van der Waals surface area contributed by atoms with Crippen molar-refractivity contribution in [2.45, 2.75) is 84.7 Å². The Morgan fingerprint density at radius 3 is 2.15 bits per heavy atom. The van der Waals surface area contributed by atoms with Crippen molar-refractivity contribution in [2.24, 2.45) is 17.6 Å². The van der Waals surface area contributed by atoms with Crippen molar-refractivity contribution in [1.29, 1.82) is 0 Å². The Morgan fingerprint density at radius 2 is 1.59 bits per heavy atom. The van der Waals surface area contributed by atoms with Gasteiger partial charge in [-0.2, -0.15) is 0 Å². The van der Waals surface area contributed by atoms with Gasteiger partial charge in [-0.25, -0.2) is 13.2 Å². The van der Waals surface area contributed by atoms with E-state index in [1.54, 1.807) is 13.8 Å². The number of amides is 5. The van der Waals surface area contributed by atoms with Crippen molar-refractivity contribution in [3.63, 3.8) is 0 Å². The molecule has 0 spiro atoms. The number of carbonyl (C=O) groups excluding carboxylic acids is 4. The Bertz CT molecular complexity index is 1120. The van der Waals surface area contributed by atoms with Gasteiger partial charge in [0.25, 0.3) is 0 Å². The second-order valence-corrected chi connectivity index (χ2v) is 13.0. The number of primary amides is 1. The fraction of sp³-hybridized carbons (Fsp3) is 0.586. The highest BCUT2D eigenvalue weighted by Gasteiger charge is 2.28. The molecule has 6 N–H and O–H groups in total. The van der Waals surface area contributed by atoms with E-state index in [2.05, 4.69) is 41.7 Å². The summed E-state index contributed by atoms with van der Waals surface area (Å²) in [6, 6.07) is 5.04. The highest BCUT2D eigenvalue weighted by molar-refractivity contribution is 7.94. The van der Waals surface area contributed by atoms with Crippen molar-refractivity contribution >= 4 is 39.3 Å². The molecule has 0 bridgehead atoms. The number of unbranched alkanes of at least 4 members (excludes halogenated alkanes) is 2. The first-order chi connectivity index (χ1) is 19.2. The number of hydrogen-bond donors (Lipinski definition) is 5. The average Bonchev–Trinajstić information content (AvgIpc) is 2.89. The Morgan fingerprint density at radius 1 is 0.927 bits per heavy atom. The van der Waals surface area contributed by atoms with E-state index in [-0.39, 0.29) is 37.0 Å². The lowest BCUT2D eigenvalue weighted by molar-refractivity contribution is -0.132. The number of nitrogens with two attached hydrogens (primary N) is 1. The number of urea groups is 1. The van der Waals surface area contributed by atoms with Crippen LogP contribution in [-0.4, -0.2) is 56.6 Å². The number of hydrogen-bond acceptors (Lipinski definition) is 6. The molecular formula is C29H47N5O6S. The van der Waals surface area contributed by atoms with E-state index in [1.165, 1.54) is 0 Å². The lowest BCUT2D eigenvalue weighted by Crippen LogP contribution is -2.54. The maximum absolute atomic E-state index is 13.2. The summed E-state index contributed by atoms with van der Waals surface area (Å²) in [6.45, 7) is 11.3. The number of anilines is 1. The van der Waals surface area contributed by atoms with E-state index in [0.717, 1.165) is 17.4 Å². The molecule has 0 aromatic heterocycles. The molecule has 12 heteroatoms. The van der Waals surface area contributed by atoms with Crippen LogP contribution in [0.2, 0.25) is 0 Å². The van der Waals surface area contributed by atoms with Crippen LogP contribution in [0.15, 0.2) is 36.3 Å². The minimum Gasteiger partial charge on any atom is -0.352 e. The van der Waals surface area contributed by atoms with Crippen LogP contribution in [-0.2, 0) is 30.6 Å². The fourth-order valence-electron chi connectivity index (χ4n) is 4.10. The molecular weight excluding hydrogens is 546 g/mol.